The Balaban J connectivity index is 1.69. The van der Waals surface area contributed by atoms with Crippen LogP contribution in [0.1, 0.15) is 12.0 Å². The number of carbonyl (C=O) groups is 1. The van der Waals surface area contributed by atoms with E-state index in [9.17, 15) is 17.6 Å². The van der Waals surface area contributed by atoms with E-state index in [0.29, 0.717) is 17.8 Å². The largest absolute Gasteiger partial charge is 0.326 e. The van der Waals surface area contributed by atoms with Gasteiger partial charge in [-0.1, -0.05) is 36.4 Å². The first-order chi connectivity index (χ1) is 13.9. The average molecular weight is 412 g/mol. The summed E-state index contributed by atoms with van der Waals surface area (Å²) in [6.45, 7) is 0. The molecule has 0 aromatic heterocycles. The topological polar surface area (TPSA) is 66.5 Å². The highest BCUT2D eigenvalue weighted by atomic mass is 32.2. The van der Waals surface area contributed by atoms with E-state index >= 15 is 0 Å². The summed E-state index contributed by atoms with van der Waals surface area (Å²) in [5, 5.41) is 2.70. The highest BCUT2D eigenvalue weighted by molar-refractivity contribution is 7.92. The van der Waals surface area contributed by atoms with E-state index in [1.807, 2.05) is 6.07 Å². The van der Waals surface area contributed by atoms with Crippen molar-refractivity contribution in [1.29, 1.82) is 0 Å². The number of nitrogens with one attached hydrogen (secondary N) is 1. The van der Waals surface area contributed by atoms with Crippen LogP contribution in [0, 0.1) is 5.82 Å². The van der Waals surface area contributed by atoms with Crippen molar-refractivity contribution in [3.63, 3.8) is 0 Å². The Morgan fingerprint density at radius 1 is 0.966 bits per heavy atom. The molecule has 0 fully saturated rings. The second-order valence-electron chi connectivity index (χ2n) is 6.51. The van der Waals surface area contributed by atoms with Crippen LogP contribution in [-0.4, -0.2) is 21.4 Å². The van der Waals surface area contributed by atoms with E-state index < -0.39 is 10.0 Å². The molecule has 3 aromatic carbocycles. The van der Waals surface area contributed by atoms with Gasteiger partial charge in [0.15, 0.2) is 0 Å². The molecule has 0 aliphatic carbocycles. The Labute approximate surface area is 169 Å². The van der Waals surface area contributed by atoms with Crippen molar-refractivity contribution in [2.45, 2.75) is 17.7 Å². The summed E-state index contributed by atoms with van der Waals surface area (Å²) in [7, 11) is -2.29. The minimum Gasteiger partial charge on any atom is -0.326 e. The number of carbonyl (C=O) groups excluding carboxylic acids is 1. The van der Waals surface area contributed by atoms with Crippen LogP contribution in [-0.2, 0) is 21.2 Å². The van der Waals surface area contributed by atoms with E-state index in [1.54, 1.807) is 48.5 Å². The number of anilines is 2. The van der Waals surface area contributed by atoms with Gasteiger partial charge in [0, 0.05) is 19.2 Å². The van der Waals surface area contributed by atoms with Gasteiger partial charge >= 0.3 is 0 Å². The molecule has 0 aliphatic rings. The number of para-hydroxylation sites is 1. The van der Waals surface area contributed by atoms with Gasteiger partial charge in [0.25, 0.3) is 10.0 Å². The van der Waals surface area contributed by atoms with E-state index in [0.717, 1.165) is 5.56 Å². The lowest BCUT2D eigenvalue weighted by atomic mass is 10.1. The summed E-state index contributed by atoms with van der Waals surface area (Å²) in [6.07, 6.45) is 0.544. The lowest BCUT2D eigenvalue weighted by molar-refractivity contribution is -0.116. The van der Waals surface area contributed by atoms with Gasteiger partial charge < -0.3 is 5.32 Å². The number of amides is 1. The standard InChI is InChI=1S/C22H21FN2O3S/c1-25(20-10-3-2-4-11-20)29(27,28)21-12-6-9-19(16-21)24-22(26)14-13-17-7-5-8-18(23)15-17/h2-12,15-16H,13-14H2,1H3,(H,24,26). The fourth-order valence-corrected chi connectivity index (χ4v) is 4.08. The fourth-order valence-electron chi connectivity index (χ4n) is 2.84. The predicted molar refractivity (Wildman–Crippen MR) is 112 cm³/mol. The lowest BCUT2D eigenvalue weighted by Crippen LogP contribution is -2.26. The predicted octanol–water partition coefficient (Wildman–Crippen LogP) is 4.22. The smallest absolute Gasteiger partial charge is 0.264 e. The first-order valence-electron chi connectivity index (χ1n) is 9.04. The number of sulfonamides is 1. The van der Waals surface area contributed by atoms with Gasteiger partial charge in [-0.15, -0.1) is 0 Å². The molecule has 1 N–H and O–H groups in total. The Hall–Kier alpha value is -3.19. The molecule has 0 bridgehead atoms. The molecule has 0 saturated carbocycles. The molecule has 3 rings (SSSR count). The SMILES string of the molecule is CN(c1ccccc1)S(=O)(=O)c1cccc(NC(=O)CCc2cccc(F)c2)c1. The highest BCUT2D eigenvalue weighted by Crippen LogP contribution is 2.23. The van der Waals surface area contributed by atoms with E-state index in [-0.39, 0.29) is 23.0 Å². The van der Waals surface area contributed by atoms with Gasteiger partial charge in [-0.2, -0.15) is 0 Å². The van der Waals surface area contributed by atoms with Crippen LogP contribution in [0.25, 0.3) is 0 Å². The minimum atomic E-state index is -3.77. The number of aryl methyl sites for hydroxylation is 1. The third-order valence-corrected chi connectivity index (χ3v) is 6.21. The summed E-state index contributed by atoms with van der Waals surface area (Å²) in [4.78, 5) is 12.3. The normalized spacial score (nSPS) is 11.1. The number of rotatable bonds is 7. The van der Waals surface area contributed by atoms with Gasteiger partial charge in [0.1, 0.15) is 5.82 Å². The van der Waals surface area contributed by atoms with Crippen molar-refractivity contribution in [1.82, 2.24) is 0 Å². The van der Waals surface area contributed by atoms with E-state index in [2.05, 4.69) is 5.32 Å². The zero-order valence-corrected chi connectivity index (χ0v) is 16.7. The third kappa shape index (κ3) is 5.20. The van der Waals surface area contributed by atoms with Crippen LogP contribution in [0.5, 0.6) is 0 Å². The second kappa shape index (κ2) is 8.87. The van der Waals surface area contributed by atoms with Crippen LogP contribution in [0.3, 0.4) is 0 Å². The second-order valence-corrected chi connectivity index (χ2v) is 8.48. The monoisotopic (exact) mass is 412 g/mol. The summed E-state index contributed by atoms with van der Waals surface area (Å²) < 4.78 is 40.2. The molecular weight excluding hydrogens is 391 g/mol. The Kier molecular flexibility index (Phi) is 6.29. The van der Waals surface area contributed by atoms with E-state index in [1.165, 1.54) is 35.6 Å². The van der Waals surface area contributed by atoms with Gasteiger partial charge in [-0.05, 0) is 54.4 Å². The average Bonchev–Trinajstić information content (AvgIpc) is 2.72. The zero-order valence-electron chi connectivity index (χ0n) is 15.9. The molecule has 5 nitrogen and oxygen atoms in total. The number of hydrogen-bond acceptors (Lipinski definition) is 3. The molecule has 3 aromatic rings. The highest BCUT2D eigenvalue weighted by Gasteiger charge is 2.21. The van der Waals surface area contributed by atoms with Crippen LogP contribution < -0.4 is 9.62 Å². The van der Waals surface area contributed by atoms with Crippen molar-refractivity contribution in [2.75, 3.05) is 16.7 Å². The summed E-state index contributed by atoms with van der Waals surface area (Å²) >= 11 is 0. The molecular formula is C22H21FN2O3S. The molecule has 0 atom stereocenters. The number of nitrogens with zero attached hydrogens (tertiary/aromatic N) is 1. The Bertz CT molecular complexity index is 1100. The van der Waals surface area contributed by atoms with Gasteiger partial charge in [0.05, 0.1) is 10.6 Å². The van der Waals surface area contributed by atoms with Crippen molar-refractivity contribution < 1.29 is 17.6 Å². The van der Waals surface area contributed by atoms with Gasteiger partial charge in [-0.25, -0.2) is 12.8 Å². The number of benzene rings is 3. The molecule has 0 heterocycles. The molecule has 0 spiro atoms. The maximum absolute atomic E-state index is 13.2. The van der Waals surface area contributed by atoms with Gasteiger partial charge in [-0.3, -0.25) is 9.10 Å². The Morgan fingerprint density at radius 3 is 2.41 bits per heavy atom. The fraction of sp³-hybridized carbons (Fsp3) is 0.136. The van der Waals surface area contributed by atoms with Crippen molar-refractivity contribution in [3.05, 3.63) is 90.2 Å². The maximum atomic E-state index is 13.2. The van der Waals surface area contributed by atoms with Crippen LogP contribution in [0.2, 0.25) is 0 Å². The molecule has 0 radical (unpaired) electrons. The summed E-state index contributed by atoms with van der Waals surface area (Å²) in [5.74, 6) is -0.622. The lowest BCUT2D eigenvalue weighted by Gasteiger charge is -2.19. The van der Waals surface area contributed by atoms with Crippen molar-refractivity contribution >= 4 is 27.3 Å². The number of hydrogen-bond donors (Lipinski definition) is 1. The van der Waals surface area contributed by atoms with Gasteiger partial charge in [0.2, 0.25) is 5.91 Å². The quantitative estimate of drug-likeness (QED) is 0.632. The van der Waals surface area contributed by atoms with Crippen molar-refractivity contribution in [2.24, 2.45) is 0 Å². The molecule has 1 amide bonds. The summed E-state index contributed by atoms with van der Waals surface area (Å²) in [6, 6.07) is 20.9. The molecule has 0 saturated heterocycles. The Morgan fingerprint density at radius 2 is 1.69 bits per heavy atom. The summed E-state index contributed by atoms with van der Waals surface area (Å²) in [5.41, 5.74) is 1.65. The van der Waals surface area contributed by atoms with E-state index in [4.69, 9.17) is 0 Å². The van der Waals surface area contributed by atoms with Crippen LogP contribution in [0.4, 0.5) is 15.8 Å². The first-order valence-corrected chi connectivity index (χ1v) is 10.5. The molecule has 0 unspecified atom stereocenters. The van der Waals surface area contributed by atoms with Crippen LogP contribution in [0.15, 0.2) is 83.8 Å². The van der Waals surface area contributed by atoms with Crippen molar-refractivity contribution in [3.8, 4) is 0 Å². The molecule has 29 heavy (non-hydrogen) atoms. The third-order valence-electron chi connectivity index (χ3n) is 4.43. The maximum Gasteiger partial charge on any atom is 0.264 e. The molecule has 0 aliphatic heterocycles. The molecule has 7 heteroatoms. The molecule has 150 valence electrons. The zero-order chi connectivity index (χ0) is 20.9. The van der Waals surface area contributed by atoms with Crippen LogP contribution >= 0.6 is 0 Å². The number of halogens is 1. The first kappa shape index (κ1) is 20.5. The minimum absolute atomic E-state index is 0.0757.